The number of hydrogen-bond acceptors (Lipinski definition) is 4. The van der Waals surface area contributed by atoms with Crippen LogP contribution < -0.4 is 10.2 Å². The van der Waals surface area contributed by atoms with Gasteiger partial charge < -0.3 is 9.84 Å². The highest BCUT2D eigenvalue weighted by Crippen LogP contribution is 2.40. The van der Waals surface area contributed by atoms with E-state index in [0.29, 0.717) is 24.5 Å². The quantitative estimate of drug-likeness (QED) is 0.194. The number of carbonyl (C=O) groups excluding carboxylic acids is 1. The zero-order valence-electron chi connectivity index (χ0n) is 20.8. The van der Waals surface area contributed by atoms with Crippen LogP contribution in [0.25, 0.3) is 0 Å². The highest BCUT2D eigenvalue weighted by atomic mass is 79.9. The van der Waals surface area contributed by atoms with Gasteiger partial charge in [-0.15, -0.1) is 0 Å². The second-order valence-corrected chi connectivity index (χ2v) is 12.0. The summed E-state index contributed by atoms with van der Waals surface area (Å²) in [5.41, 5.74) is 5.79. The minimum atomic E-state index is -0.207. The SMILES string of the molecule is C=CCOc1c(Br)cc(/C=N\NC(=O)CCc2cc(C(C)(C)C)c(O)c(C(C)(C)C)c2)cc1Br. The molecule has 0 spiro atoms. The fourth-order valence-corrected chi connectivity index (χ4v) is 4.86. The lowest BCUT2D eigenvalue weighted by Gasteiger charge is -2.28. The van der Waals surface area contributed by atoms with Gasteiger partial charge in [-0.3, -0.25) is 4.79 Å². The molecular formula is C27H34Br2N2O3. The predicted octanol–water partition coefficient (Wildman–Crippen LogP) is 7.16. The Kier molecular flexibility index (Phi) is 9.54. The van der Waals surface area contributed by atoms with E-state index in [0.717, 1.165) is 31.2 Å². The predicted molar refractivity (Wildman–Crippen MR) is 147 cm³/mol. The molecule has 0 aromatic heterocycles. The van der Waals surface area contributed by atoms with Crippen molar-refractivity contribution in [2.24, 2.45) is 5.10 Å². The van der Waals surface area contributed by atoms with Crippen LogP contribution >= 0.6 is 31.9 Å². The van der Waals surface area contributed by atoms with E-state index in [1.165, 1.54) is 0 Å². The Labute approximate surface area is 219 Å². The van der Waals surface area contributed by atoms with E-state index >= 15 is 0 Å². The summed E-state index contributed by atoms with van der Waals surface area (Å²) in [4.78, 5) is 12.4. The number of phenols is 1. The van der Waals surface area contributed by atoms with Crippen LogP contribution in [0.3, 0.4) is 0 Å². The molecule has 0 radical (unpaired) electrons. The van der Waals surface area contributed by atoms with Crippen LogP contribution in [0.1, 0.15) is 70.2 Å². The van der Waals surface area contributed by atoms with Gasteiger partial charge in [0.2, 0.25) is 5.91 Å². The van der Waals surface area contributed by atoms with Gasteiger partial charge in [-0.1, -0.05) is 66.3 Å². The Bertz CT molecular complexity index is 1020. The highest BCUT2D eigenvalue weighted by molar-refractivity contribution is 9.11. The topological polar surface area (TPSA) is 70.9 Å². The first-order chi connectivity index (χ1) is 15.7. The smallest absolute Gasteiger partial charge is 0.240 e. The van der Waals surface area contributed by atoms with Crippen molar-refractivity contribution in [2.45, 2.75) is 65.2 Å². The molecule has 2 rings (SSSR count). The van der Waals surface area contributed by atoms with E-state index < -0.39 is 0 Å². The molecule has 0 saturated carbocycles. The van der Waals surface area contributed by atoms with Gasteiger partial charge in [0.15, 0.2) is 0 Å². The largest absolute Gasteiger partial charge is 0.507 e. The lowest BCUT2D eigenvalue weighted by Crippen LogP contribution is -2.20. The van der Waals surface area contributed by atoms with Gasteiger partial charge >= 0.3 is 0 Å². The van der Waals surface area contributed by atoms with Gasteiger partial charge in [-0.05, 0) is 83.5 Å². The van der Waals surface area contributed by atoms with E-state index in [1.807, 2.05) is 24.3 Å². The summed E-state index contributed by atoms with van der Waals surface area (Å²) < 4.78 is 7.16. The summed E-state index contributed by atoms with van der Waals surface area (Å²) in [5.74, 6) is 0.846. The van der Waals surface area contributed by atoms with Gasteiger partial charge in [0.1, 0.15) is 18.1 Å². The number of nitrogens with zero attached hydrogens (tertiary/aromatic N) is 1. The van der Waals surface area contributed by atoms with Crippen molar-refractivity contribution in [1.82, 2.24) is 5.43 Å². The van der Waals surface area contributed by atoms with Crippen LogP contribution in [-0.4, -0.2) is 23.8 Å². The summed E-state index contributed by atoms with van der Waals surface area (Å²) in [6, 6.07) is 7.73. The number of hydrogen-bond donors (Lipinski definition) is 2. The van der Waals surface area contributed by atoms with Crippen LogP contribution in [0.5, 0.6) is 11.5 Å². The number of aromatic hydroxyl groups is 1. The standard InChI is InChI=1S/C27H34Br2N2O3/c1-8-11-34-25-21(28)14-18(15-22(25)29)16-30-31-23(32)10-9-17-12-19(26(2,3)4)24(33)20(13-17)27(5,6)7/h8,12-16,33H,1,9-11H2,2-7H3,(H,31,32)/b30-16-. The molecule has 34 heavy (non-hydrogen) atoms. The van der Waals surface area contributed by atoms with Gasteiger partial charge in [-0.2, -0.15) is 5.10 Å². The maximum Gasteiger partial charge on any atom is 0.240 e. The van der Waals surface area contributed by atoms with Crippen LogP contribution in [0.15, 0.2) is 51.0 Å². The minimum absolute atomic E-state index is 0.178. The molecule has 0 fully saturated rings. The van der Waals surface area contributed by atoms with Crippen LogP contribution in [0.2, 0.25) is 0 Å². The summed E-state index contributed by atoms with van der Waals surface area (Å²) in [7, 11) is 0. The van der Waals surface area contributed by atoms with E-state index in [1.54, 1.807) is 12.3 Å². The summed E-state index contributed by atoms with van der Waals surface area (Å²) in [5, 5.41) is 15.0. The van der Waals surface area contributed by atoms with Crippen LogP contribution in [0, 0.1) is 0 Å². The van der Waals surface area contributed by atoms with Crippen molar-refractivity contribution in [2.75, 3.05) is 6.61 Å². The van der Waals surface area contributed by atoms with Crippen molar-refractivity contribution in [3.8, 4) is 11.5 Å². The third-order valence-corrected chi connectivity index (χ3v) is 6.37. The Morgan fingerprint density at radius 2 is 1.59 bits per heavy atom. The molecule has 0 aliphatic heterocycles. The molecule has 2 aromatic carbocycles. The van der Waals surface area contributed by atoms with E-state index in [2.05, 4.69) is 90.5 Å². The average Bonchev–Trinajstić information content (AvgIpc) is 2.70. The lowest BCUT2D eigenvalue weighted by atomic mass is 9.78. The number of halogens is 2. The molecular weight excluding hydrogens is 560 g/mol. The van der Waals surface area contributed by atoms with E-state index in [-0.39, 0.29) is 23.2 Å². The van der Waals surface area contributed by atoms with Crippen molar-refractivity contribution in [3.05, 3.63) is 68.1 Å². The summed E-state index contributed by atoms with van der Waals surface area (Å²) >= 11 is 6.98. The molecule has 0 aliphatic carbocycles. The number of hydrazone groups is 1. The molecule has 0 unspecified atom stereocenters. The molecule has 7 heteroatoms. The van der Waals surface area contributed by atoms with E-state index in [4.69, 9.17) is 4.74 Å². The molecule has 184 valence electrons. The second kappa shape index (κ2) is 11.5. The van der Waals surface area contributed by atoms with Gasteiger partial charge in [0, 0.05) is 6.42 Å². The van der Waals surface area contributed by atoms with Crippen LogP contribution in [0.4, 0.5) is 0 Å². The third kappa shape index (κ3) is 7.70. The average molecular weight is 594 g/mol. The number of amides is 1. The number of rotatable bonds is 8. The number of phenolic OH excluding ortho intramolecular Hbond substituents is 1. The first-order valence-corrected chi connectivity index (χ1v) is 12.7. The molecule has 0 bridgehead atoms. The van der Waals surface area contributed by atoms with Crippen LogP contribution in [-0.2, 0) is 22.0 Å². The zero-order valence-corrected chi connectivity index (χ0v) is 23.9. The molecule has 5 nitrogen and oxygen atoms in total. The molecule has 2 N–H and O–H groups in total. The highest BCUT2D eigenvalue weighted by Gasteiger charge is 2.26. The second-order valence-electron chi connectivity index (χ2n) is 10.2. The maximum atomic E-state index is 12.4. The maximum absolute atomic E-state index is 12.4. The third-order valence-electron chi connectivity index (χ3n) is 5.20. The first kappa shape index (κ1) is 28.1. The molecule has 0 aliphatic rings. The molecule has 0 atom stereocenters. The fraction of sp³-hybridized carbons (Fsp3) is 0.407. The molecule has 0 saturated heterocycles. The van der Waals surface area contributed by atoms with E-state index in [9.17, 15) is 9.90 Å². The molecule has 1 amide bonds. The van der Waals surface area contributed by atoms with Gasteiger partial charge in [-0.25, -0.2) is 5.43 Å². The Balaban J connectivity index is 2.08. The Hall–Kier alpha value is -2.12. The Morgan fingerprint density at radius 3 is 2.06 bits per heavy atom. The Morgan fingerprint density at radius 1 is 1.06 bits per heavy atom. The summed E-state index contributed by atoms with van der Waals surface area (Å²) in [6.07, 6.45) is 4.10. The number of nitrogens with one attached hydrogen (secondary N) is 1. The minimum Gasteiger partial charge on any atom is -0.507 e. The van der Waals surface area contributed by atoms with Crippen molar-refractivity contribution < 1.29 is 14.6 Å². The zero-order chi connectivity index (χ0) is 25.7. The number of benzene rings is 2. The van der Waals surface area contributed by atoms with Crippen molar-refractivity contribution in [1.29, 1.82) is 0 Å². The fourth-order valence-electron chi connectivity index (χ4n) is 3.41. The first-order valence-electron chi connectivity index (χ1n) is 11.2. The normalized spacial score (nSPS) is 12.1. The van der Waals surface area contributed by atoms with Gasteiger partial charge in [0.05, 0.1) is 15.2 Å². The number of carbonyl (C=O) groups is 1. The lowest BCUT2D eigenvalue weighted by molar-refractivity contribution is -0.121. The van der Waals surface area contributed by atoms with Gasteiger partial charge in [0.25, 0.3) is 0 Å². The monoisotopic (exact) mass is 592 g/mol. The molecule has 0 heterocycles. The molecule has 2 aromatic rings. The van der Waals surface area contributed by atoms with Crippen molar-refractivity contribution in [3.63, 3.8) is 0 Å². The number of ether oxygens (including phenoxy) is 1. The number of aryl methyl sites for hydroxylation is 1. The van der Waals surface area contributed by atoms with Crippen molar-refractivity contribution >= 4 is 44.0 Å². The summed E-state index contributed by atoms with van der Waals surface area (Å²) in [6.45, 7) is 16.5.